The SMILES string of the molecule is O=C(NC1CC(F)(F)C1)c1ccn2c(-c3cccc(N[C@H]4CNCC[C@@H]4F)n3)cnc2c1. The molecule has 10 heteroatoms. The van der Waals surface area contributed by atoms with Gasteiger partial charge in [0.2, 0.25) is 0 Å². The van der Waals surface area contributed by atoms with Crippen molar-refractivity contribution < 1.29 is 18.0 Å². The summed E-state index contributed by atoms with van der Waals surface area (Å²) in [6, 6.07) is 7.84. The smallest absolute Gasteiger partial charge is 0.252 e. The van der Waals surface area contributed by atoms with Gasteiger partial charge in [-0.1, -0.05) is 6.07 Å². The van der Waals surface area contributed by atoms with Crippen molar-refractivity contribution in [2.45, 2.75) is 43.4 Å². The topological polar surface area (TPSA) is 83.4 Å². The first kappa shape index (κ1) is 20.7. The van der Waals surface area contributed by atoms with E-state index < -0.39 is 24.0 Å². The first-order chi connectivity index (χ1) is 15.4. The van der Waals surface area contributed by atoms with Crippen molar-refractivity contribution in [3.8, 4) is 11.4 Å². The molecule has 3 aromatic heterocycles. The lowest BCUT2D eigenvalue weighted by molar-refractivity contribution is -0.0901. The molecule has 1 saturated carbocycles. The number of rotatable bonds is 5. The van der Waals surface area contributed by atoms with Crippen LogP contribution in [0.4, 0.5) is 19.0 Å². The van der Waals surface area contributed by atoms with Gasteiger partial charge in [0.15, 0.2) is 0 Å². The molecule has 0 unspecified atom stereocenters. The van der Waals surface area contributed by atoms with Crippen LogP contribution in [0.2, 0.25) is 0 Å². The van der Waals surface area contributed by atoms with Gasteiger partial charge in [-0.15, -0.1) is 0 Å². The highest BCUT2D eigenvalue weighted by Gasteiger charge is 2.45. The van der Waals surface area contributed by atoms with E-state index in [2.05, 4.69) is 25.9 Å². The van der Waals surface area contributed by atoms with Crippen LogP contribution in [-0.2, 0) is 0 Å². The van der Waals surface area contributed by atoms with E-state index in [1.165, 1.54) is 0 Å². The molecule has 0 radical (unpaired) electrons. The maximum absolute atomic E-state index is 14.1. The zero-order valence-electron chi connectivity index (χ0n) is 17.2. The fourth-order valence-corrected chi connectivity index (χ4v) is 4.16. The summed E-state index contributed by atoms with van der Waals surface area (Å²) >= 11 is 0. The Morgan fingerprint density at radius 2 is 2.09 bits per heavy atom. The third-order valence-corrected chi connectivity index (χ3v) is 5.94. The van der Waals surface area contributed by atoms with E-state index in [0.717, 1.165) is 0 Å². The number of piperidine rings is 1. The summed E-state index contributed by atoms with van der Waals surface area (Å²) in [5, 5.41) is 8.96. The molecule has 2 atom stereocenters. The molecule has 5 rings (SSSR count). The fraction of sp³-hybridized carbons (Fsp3) is 0.409. The second kappa shape index (κ2) is 8.09. The minimum Gasteiger partial charge on any atom is -0.363 e. The van der Waals surface area contributed by atoms with Crippen molar-refractivity contribution >= 4 is 17.4 Å². The van der Waals surface area contributed by atoms with Crippen LogP contribution in [-0.4, -0.2) is 57.5 Å². The minimum absolute atomic E-state index is 0.329. The molecule has 32 heavy (non-hydrogen) atoms. The minimum atomic E-state index is -2.69. The molecular formula is C22H23F3N6O. The van der Waals surface area contributed by atoms with Gasteiger partial charge in [-0.25, -0.2) is 23.1 Å². The van der Waals surface area contributed by atoms with E-state index in [0.29, 0.717) is 47.9 Å². The van der Waals surface area contributed by atoms with E-state index in [4.69, 9.17) is 0 Å². The zero-order valence-corrected chi connectivity index (χ0v) is 17.2. The molecule has 7 nitrogen and oxygen atoms in total. The highest BCUT2D eigenvalue weighted by atomic mass is 19.3. The molecule has 0 bridgehead atoms. The summed E-state index contributed by atoms with van der Waals surface area (Å²) in [5.41, 5.74) is 2.25. The number of fused-ring (bicyclic) bond motifs is 1. The first-order valence-corrected chi connectivity index (χ1v) is 10.6. The van der Waals surface area contributed by atoms with Gasteiger partial charge in [-0.2, -0.15) is 0 Å². The number of carbonyl (C=O) groups excluding carboxylic acids is 1. The lowest BCUT2D eigenvalue weighted by Crippen LogP contribution is -2.50. The number of nitrogens with zero attached hydrogens (tertiary/aromatic N) is 3. The molecule has 3 N–H and O–H groups in total. The number of alkyl halides is 3. The second-order valence-electron chi connectivity index (χ2n) is 8.39. The Kier molecular flexibility index (Phi) is 5.24. The van der Waals surface area contributed by atoms with Gasteiger partial charge in [0.25, 0.3) is 11.8 Å². The van der Waals surface area contributed by atoms with Gasteiger partial charge >= 0.3 is 0 Å². The van der Waals surface area contributed by atoms with Gasteiger partial charge in [-0.05, 0) is 37.2 Å². The molecule has 1 saturated heterocycles. The Labute approximate surface area is 182 Å². The van der Waals surface area contributed by atoms with Crippen molar-refractivity contribution in [3.63, 3.8) is 0 Å². The summed E-state index contributed by atoms with van der Waals surface area (Å²) in [6.07, 6.45) is 2.22. The largest absolute Gasteiger partial charge is 0.363 e. The molecule has 3 aromatic rings. The van der Waals surface area contributed by atoms with Crippen molar-refractivity contribution in [2.75, 3.05) is 18.4 Å². The molecule has 168 valence electrons. The molecule has 1 aliphatic heterocycles. The second-order valence-corrected chi connectivity index (χ2v) is 8.39. The summed E-state index contributed by atoms with van der Waals surface area (Å²) in [7, 11) is 0. The van der Waals surface area contributed by atoms with Gasteiger partial charge in [0.05, 0.1) is 23.6 Å². The molecule has 1 aliphatic carbocycles. The summed E-state index contributed by atoms with van der Waals surface area (Å²) in [4.78, 5) is 21.4. The summed E-state index contributed by atoms with van der Waals surface area (Å²) in [5.74, 6) is -2.51. The van der Waals surface area contributed by atoms with Gasteiger partial charge in [0, 0.05) is 37.2 Å². The quantitative estimate of drug-likeness (QED) is 0.564. The Morgan fingerprint density at radius 3 is 2.88 bits per heavy atom. The third-order valence-electron chi connectivity index (χ3n) is 5.94. The average Bonchev–Trinajstić information content (AvgIpc) is 3.17. The van der Waals surface area contributed by atoms with E-state index in [1.54, 1.807) is 35.0 Å². The maximum Gasteiger partial charge on any atom is 0.252 e. The van der Waals surface area contributed by atoms with Crippen LogP contribution in [0.5, 0.6) is 0 Å². The van der Waals surface area contributed by atoms with Crippen molar-refractivity contribution in [1.82, 2.24) is 25.0 Å². The number of anilines is 1. The van der Waals surface area contributed by atoms with E-state index >= 15 is 0 Å². The number of pyridine rings is 2. The molecule has 4 heterocycles. The molecular weight excluding hydrogens is 421 g/mol. The normalized spacial score (nSPS) is 23.0. The van der Waals surface area contributed by atoms with Crippen LogP contribution in [0.3, 0.4) is 0 Å². The maximum atomic E-state index is 14.1. The summed E-state index contributed by atoms with van der Waals surface area (Å²) in [6.45, 7) is 1.20. The zero-order chi connectivity index (χ0) is 22.3. The molecule has 0 spiro atoms. The lowest BCUT2D eigenvalue weighted by Gasteiger charge is -2.35. The highest BCUT2D eigenvalue weighted by Crippen LogP contribution is 2.37. The number of nitrogens with one attached hydrogen (secondary N) is 3. The number of aromatic nitrogens is 3. The number of amides is 1. The van der Waals surface area contributed by atoms with Gasteiger partial charge < -0.3 is 16.0 Å². The number of imidazole rings is 1. The standard InChI is InChI=1S/C22H23F3N6O/c23-15-4-6-26-11-17(15)30-19-3-1-2-16(29-19)18-12-27-20-8-13(5-7-31(18)20)21(32)28-14-9-22(24,25)10-14/h1-3,5,7-8,12,14-15,17,26H,4,6,9-11H2,(H,28,32)(H,29,30)/t15-,17-/m0/s1. The van der Waals surface area contributed by atoms with Crippen molar-refractivity contribution in [2.24, 2.45) is 0 Å². The predicted molar refractivity (Wildman–Crippen MR) is 114 cm³/mol. The Balaban J connectivity index is 1.33. The Hall–Kier alpha value is -3.14. The van der Waals surface area contributed by atoms with Crippen LogP contribution in [0, 0.1) is 0 Å². The number of hydrogen-bond donors (Lipinski definition) is 3. The van der Waals surface area contributed by atoms with Crippen LogP contribution >= 0.6 is 0 Å². The Bertz CT molecular complexity index is 1140. The van der Waals surface area contributed by atoms with Crippen molar-refractivity contribution in [1.29, 1.82) is 0 Å². The summed E-state index contributed by atoms with van der Waals surface area (Å²) < 4.78 is 41.9. The van der Waals surface area contributed by atoms with Crippen LogP contribution in [0.15, 0.2) is 42.7 Å². The van der Waals surface area contributed by atoms with Gasteiger partial charge in [-0.3, -0.25) is 9.20 Å². The fourth-order valence-electron chi connectivity index (χ4n) is 4.16. The molecule has 0 aromatic carbocycles. The monoisotopic (exact) mass is 444 g/mol. The number of halogens is 3. The van der Waals surface area contributed by atoms with Gasteiger partial charge in [0.1, 0.15) is 17.6 Å². The molecule has 1 amide bonds. The third kappa shape index (κ3) is 4.14. The average molecular weight is 444 g/mol. The van der Waals surface area contributed by atoms with Crippen LogP contribution in [0.25, 0.3) is 17.0 Å². The van der Waals surface area contributed by atoms with E-state index in [1.807, 2.05) is 12.1 Å². The molecule has 2 aliphatic rings. The number of carbonyl (C=O) groups is 1. The predicted octanol–water partition coefficient (Wildman–Crippen LogP) is 3.04. The first-order valence-electron chi connectivity index (χ1n) is 10.6. The number of hydrogen-bond acceptors (Lipinski definition) is 5. The molecule has 2 fully saturated rings. The van der Waals surface area contributed by atoms with Crippen molar-refractivity contribution in [3.05, 3.63) is 48.3 Å². The van der Waals surface area contributed by atoms with Crippen LogP contribution in [0.1, 0.15) is 29.6 Å². The Morgan fingerprint density at radius 1 is 1.25 bits per heavy atom. The van der Waals surface area contributed by atoms with E-state index in [9.17, 15) is 18.0 Å². The van der Waals surface area contributed by atoms with E-state index in [-0.39, 0.29) is 18.9 Å². The van der Waals surface area contributed by atoms with Crippen LogP contribution < -0.4 is 16.0 Å². The highest BCUT2D eigenvalue weighted by molar-refractivity contribution is 5.95. The lowest BCUT2D eigenvalue weighted by atomic mass is 9.88.